The molecule has 10 nitrogen and oxygen atoms in total. The number of phenols is 1. The minimum absolute atomic E-state index is 0.0645. The Hall–Kier alpha value is -4.35. The predicted molar refractivity (Wildman–Crippen MR) is 134 cm³/mol. The number of rotatable bonds is 5. The van der Waals surface area contributed by atoms with Gasteiger partial charge in [-0.1, -0.05) is 11.6 Å². The van der Waals surface area contributed by atoms with E-state index >= 15 is 0 Å². The Bertz CT molecular complexity index is 1300. The summed E-state index contributed by atoms with van der Waals surface area (Å²) < 4.78 is 19.7. The lowest BCUT2D eigenvalue weighted by Gasteiger charge is -2.27. The molecule has 1 aliphatic heterocycles. The monoisotopic (exact) mass is 513 g/mol. The first-order chi connectivity index (χ1) is 17.3. The number of hydrogen-bond donors (Lipinski definition) is 5. The van der Waals surface area contributed by atoms with Gasteiger partial charge in [0.25, 0.3) is 5.91 Å². The molecule has 0 aromatic heterocycles. The molecule has 3 aromatic rings. The van der Waals surface area contributed by atoms with Crippen molar-refractivity contribution in [3.63, 3.8) is 0 Å². The number of aromatic hydroxyl groups is 1. The summed E-state index contributed by atoms with van der Waals surface area (Å²) in [5.74, 6) is -1.21. The third-order valence-corrected chi connectivity index (χ3v) is 5.35. The Kier molecular flexibility index (Phi) is 7.52. The summed E-state index contributed by atoms with van der Waals surface area (Å²) in [4.78, 5) is 38.3. The van der Waals surface area contributed by atoms with Crippen molar-refractivity contribution in [2.75, 3.05) is 45.9 Å². The standard InChI is InChI=1S/C24H21ClFN5O5/c25-14-1-3-15(4-2-14)27-23(34)29-20-8-6-17(32)12-21(20)30-24(35)28-19-7-5-16(11-18(19)26)31-9-10-36-13-22(31)33/h1-8,11-12,32H,9-10,13H2,(H2,27,29,34)(H2,28,30,35). The van der Waals surface area contributed by atoms with Gasteiger partial charge in [-0.15, -0.1) is 0 Å². The van der Waals surface area contributed by atoms with Gasteiger partial charge in [-0.25, -0.2) is 14.0 Å². The van der Waals surface area contributed by atoms with E-state index in [0.717, 1.165) is 6.07 Å². The number of ether oxygens (including phenoxy) is 1. The van der Waals surface area contributed by atoms with Crippen LogP contribution in [-0.2, 0) is 9.53 Å². The van der Waals surface area contributed by atoms with Gasteiger partial charge in [0, 0.05) is 29.0 Å². The van der Waals surface area contributed by atoms with Crippen LogP contribution in [0.2, 0.25) is 5.02 Å². The van der Waals surface area contributed by atoms with E-state index in [1.54, 1.807) is 24.3 Å². The highest BCUT2D eigenvalue weighted by Crippen LogP contribution is 2.28. The molecule has 4 rings (SSSR count). The van der Waals surface area contributed by atoms with Gasteiger partial charge in [0.15, 0.2) is 0 Å². The Labute approximate surface area is 210 Å². The first-order valence-corrected chi connectivity index (χ1v) is 11.1. The van der Waals surface area contributed by atoms with Crippen LogP contribution in [0.15, 0.2) is 60.7 Å². The van der Waals surface area contributed by atoms with Crippen LogP contribution in [0, 0.1) is 5.82 Å². The molecule has 0 radical (unpaired) electrons. The first kappa shape index (κ1) is 24.8. The van der Waals surface area contributed by atoms with E-state index < -0.39 is 17.9 Å². The van der Waals surface area contributed by atoms with Crippen molar-refractivity contribution < 1.29 is 28.6 Å². The zero-order chi connectivity index (χ0) is 25.7. The molecule has 0 aliphatic carbocycles. The molecule has 1 fully saturated rings. The minimum Gasteiger partial charge on any atom is -0.508 e. The molecule has 36 heavy (non-hydrogen) atoms. The number of urea groups is 2. The highest BCUT2D eigenvalue weighted by molar-refractivity contribution is 6.30. The highest BCUT2D eigenvalue weighted by atomic mass is 35.5. The van der Waals surface area contributed by atoms with Crippen LogP contribution in [-0.4, -0.2) is 42.8 Å². The van der Waals surface area contributed by atoms with Crippen LogP contribution in [0.3, 0.4) is 0 Å². The SMILES string of the molecule is O=C(Nc1ccc(Cl)cc1)Nc1ccc(O)cc1NC(=O)Nc1ccc(N2CCOCC2=O)cc1F. The normalized spacial score (nSPS) is 13.2. The van der Waals surface area contributed by atoms with Crippen molar-refractivity contribution in [2.24, 2.45) is 0 Å². The van der Waals surface area contributed by atoms with Gasteiger partial charge in [0.2, 0.25) is 0 Å². The summed E-state index contributed by atoms with van der Waals surface area (Å²) in [6.45, 7) is 0.556. The third-order valence-electron chi connectivity index (χ3n) is 5.10. The molecule has 5 N–H and O–H groups in total. The maximum atomic E-state index is 14.7. The molecule has 0 atom stereocenters. The van der Waals surface area contributed by atoms with Crippen LogP contribution in [0.25, 0.3) is 0 Å². The summed E-state index contributed by atoms with van der Waals surface area (Å²) in [6.07, 6.45) is 0. The molecule has 1 heterocycles. The summed E-state index contributed by atoms with van der Waals surface area (Å²) in [5, 5.41) is 20.4. The van der Waals surface area contributed by atoms with E-state index in [1.807, 2.05) is 0 Å². The highest BCUT2D eigenvalue weighted by Gasteiger charge is 2.21. The smallest absolute Gasteiger partial charge is 0.323 e. The largest absolute Gasteiger partial charge is 0.508 e. The average Bonchev–Trinajstić information content (AvgIpc) is 2.84. The molecule has 3 aromatic carbocycles. The molecule has 186 valence electrons. The van der Waals surface area contributed by atoms with E-state index in [1.165, 1.54) is 35.2 Å². The number of carbonyl (C=O) groups is 3. The average molecular weight is 514 g/mol. The van der Waals surface area contributed by atoms with Crippen molar-refractivity contribution in [1.29, 1.82) is 0 Å². The number of phenolic OH excluding ortho intramolecular Hbond substituents is 1. The Morgan fingerprint density at radius 1 is 0.889 bits per heavy atom. The summed E-state index contributed by atoms with van der Waals surface area (Å²) in [6, 6.07) is 12.9. The molecular formula is C24H21ClFN5O5. The fourth-order valence-electron chi connectivity index (χ4n) is 3.40. The molecule has 0 spiro atoms. The van der Waals surface area contributed by atoms with Gasteiger partial charge in [-0.05, 0) is 54.6 Å². The fraction of sp³-hybridized carbons (Fsp3) is 0.125. The van der Waals surface area contributed by atoms with E-state index in [4.69, 9.17) is 16.3 Å². The second-order valence-electron chi connectivity index (χ2n) is 7.66. The van der Waals surface area contributed by atoms with Gasteiger partial charge in [0.1, 0.15) is 18.2 Å². The van der Waals surface area contributed by atoms with Gasteiger partial charge in [-0.3, -0.25) is 4.79 Å². The number of nitrogens with zero attached hydrogens (tertiary/aromatic N) is 1. The fourth-order valence-corrected chi connectivity index (χ4v) is 3.53. The third kappa shape index (κ3) is 6.20. The van der Waals surface area contributed by atoms with Crippen molar-refractivity contribution in [3.05, 3.63) is 71.5 Å². The zero-order valence-corrected chi connectivity index (χ0v) is 19.4. The lowest BCUT2D eigenvalue weighted by atomic mass is 10.2. The number of amides is 5. The van der Waals surface area contributed by atoms with Crippen molar-refractivity contribution in [3.8, 4) is 5.75 Å². The first-order valence-electron chi connectivity index (χ1n) is 10.7. The number of anilines is 5. The Morgan fingerprint density at radius 3 is 2.28 bits per heavy atom. The Morgan fingerprint density at radius 2 is 1.56 bits per heavy atom. The second-order valence-corrected chi connectivity index (χ2v) is 8.09. The molecule has 1 aliphatic rings. The maximum Gasteiger partial charge on any atom is 0.323 e. The van der Waals surface area contributed by atoms with Crippen LogP contribution in [0.4, 0.5) is 42.4 Å². The van der Waals surface area contributed by atoms with Crippen molar-refractivity contribution in [2.45, 2.75) is 0 Å². The van der Waals surface area contributed by atoms with E-state index in [9.17, 15) is 23.9 Å². The van der Waals surface area contributed by atoms with E-state index in [2.05, 4.69) is 21.3 Å². The lowest BCUT2D eigenvalue weighted by molar-refractivity contribution is -0.125. The van der Waals surface area contributed by atoms with Crippen LogP contribution in [0.5, 0.6) is 5.75 Å². The number of nitrogens with one attached hydrogen (secondary N) is 4. The number of carbonyl (C=O) groups excluding carboxylic acids is 3. The van der Waals surface area contributed by atoms with E-state index in [-0.39, 0.29) is 35.3 Å². The van der Waals surface area contributed by atoms with Crippen LogP contribution in [0.1, 0.15) is 0 Å². The van der Waals surface area contributed by atoms with Gasteiger partial charge in [0.05, 0.1) is 23.7 Å². The molecule has 1 saturated heterocycles. The molecule has 0 bridgehead atoms. The number of morpholine rings is 1. The molecule has 0 unspecified atom stereocenters. The summed E-state index contributed by atoms with van der Waals surface area (Å²) >= 11 is 5.84. The van der Waals surface area contributed by atoms with Crippen LogP contribution < -0.4 is 26.2 Å². The van der Waals surface area contributed by atoms with Crippen molar-refractivity contribution >= 4 is 58.0 Å². The summed E-state index contributed by atoms with van der Waals surface area (Å²) in [5.41, 5.74) is 0.941. The van der Waals surface area contributed by atoms with Gasteiger partial charge < -0.3 is 36.0 Å². The number of benzene rings is 3. The topological polar surface area (TPSA) is 132 Å². The lowest BCUT2D eigenvalue weighted by Crippen LogP contribution is -2.41. The molecule has 12 heteroatoms. The second kappa shape index (κ2) is 10.9. The number of halogens is 2. The minimum atomic E-state index is -0.823. The number of hydrogen-bond acceptors (Lipinski definition) is 5. The van der Waals surface area contributed by atoms with Crippen molar-refractivity contribution in [1.82, 2.24) is 0 Å². The molecular weight excluding hydrogens is 493 g/mol. The van der Waals surface area contributed by atoms with Gasteiger partial charge in [-0.2, -0.15) is 0 Å². The summed E-state index contributed by atoms with van der Waals surface area (Å²) in [7, 11) is 0. The maximum absolute atomic E-state index is 14.7. The molecule has 5 amide bonds. The van der Waals surface area contributed by atoms with E-state index in [0.29, 0.717) is 29.5 Å². The quantitative estimate of drug-likeness (QED) is 0.312. The zero-order valence-electron chi connectivity index (χ0n) is 18.7. The Balaban J connectivity index is 1.42. The van der Waals surface area contributed by atoms with Crippen LogP contribution >= 0.6 is 11.6 Å². The molecule has 0 saturated carbocycles. The predicted octanol–water partition coefficient (Wildman–Crippen LogP) is 4.84. The van der Waals surface area contributed by atoms with Gasteiger partial charge >= 0.3 is 12.1 Å².